The second-order valence-electron chi connectivity index (χ2n) is 17.3. The highest BCUT2D eigenvalue weighted by atomic mass is 32.2. The Morgan fingerprint density at radius 1 is 0.947 bits per heavy atom. The number of rotatable bonds is 22. The maximum atomic E-state index is 14.3. The number of hydrogen-bond acceptors (Lipinski definition) is 9. The van der Waals surface area contributed by atoms with Crippen molar-refractivity contribution in [2.45, 2.75) is 154 Å². The van der Waals surface area contributed by atoms with Crippen molar-refractivity contribution in [2.24, 2.45) is 11.8 Å². The summed E-state index contributed by atoms with van der Waals surface area (Å²) in [4.78, 5) is 61.6. The van der Waals surface area contributed by atoms with Gasteiger partial charge in [-0.3, -0.25) is 14.4 Å². The second kappa shape index (κ2) is 22.2. The first-order valence-corrected chi connectivity index (χ1v) is 22.0. The van der Waals surface area contributed by atoms with E-state index in [4.69, 9.17) is 4.74 Å². The molecule has 0 radical (unpaired) electrons. The van der Waals surface area contributed by atoms with Gasteiger partial charge in [0.05, 0.1) is 29.9 Å². The molecule has 15 nitrogen and oxygen atoms in total. The van der Waals surface area contributed by atoms with E-state index in [1.807, 2.05) is 37.3 Å². The maximum Gasteiger partial charge on any atom is 0.408 e. The third kappa shape index (κ3) is 18.4. The summed E-state index contributed by atoms with van der Waals surface area (Å²) < 4.78 is 32.6. The van der Waals surface area contributed by atoms with E-state index >= 15 is 0 Å². The lowest BCUT2D eigenvalue weighted by atomic mass is 9.82. The zero-order valence-corrected chi connectivity index (χ0v) is 35.7. The first-order valence-electron chi connectivity index (χ1n) is 20.3. The predicted molar refractivity (Wildman–Crippen MR) is 219 cm³/mol. The first-order chi connectivity index (χ1) is 26.7. The number of amides is 4. The number of aliphatic hydroxyl groups is 1. The number of carbonyl (C=O) groups is 4. The number of nitrogens with one attached hydrogen (secondary N) is 6. The molecule has 0 aliphatic heterocycles. The molecule has 7 N–H and O–H groups in total. The summed E-state index contributed by atoms with van der Waals surface area (Å²) in [5.41, 5.74) is -0.456. The number of H-pyrrole nitrogens is 1. The Bertz CT molecular complexity index is 1660. The minimum atomic E-state index is -3.43. The molecule has 16 heteroatoms. The van der Waals surface area contributed by atoms with Gasteiger partial charge in [0, 0.05) is 37.5 Å². The van der Waals surface area contributed by atoms with Crippen LogP contribution in [0.1, 0.15) is 118 Å². The van der Waals surface area contributed by atoms with Crippen LogP contribution in [0.2, 0.25) is 0 Å². The van der Waals surface area contributed by atoms with Crippen LogP contribution in [-0.2, 0) is 42.0 Å². The molecule has 0 saturated heterocycles. The zero-order valence-electron chi connectivity index (χ0n) is 34.9. The van der Waals surface area contributed by atoms with Gasteiger partial charge in [0.15, 0.2) is 0 Å². The highest BCUT2D eigenvalue weighted by Crippen LogP contribution is 2.29. The minimum absolute atomic E-state index is 0.0188. The fourth-order valence-electron chi connectivity index (χ4n) is 7.07. The van der Waals surface area contributed by atoms with Crippen LogP contribution in [0.15, 0.2) is 42.9 Å². The minimum Gasteiger partial charge on any atom is -0.444 e. The van der Waals surface area contributed by atoms with Crippen molar-refractivity contribution in [3.8, 4) is 0 Å². The molecule has 3 rings (SSSR count). The highest BCUT2D eigenvalue weighted by molar-refractivity contribution is 7.89. The number of carbonyl (C=O) groups excluding carboxylic acids is 4. The molecule has 1 aromatic carbocycles. The lowest BCUT2D eigenvalue weighted by Crippen LogP contribution is -2.58. The standard InChI is InChI=1S/C41H67N7O8S/c1-8-19-57(54,55)44-25-28(2)20-35(49)32(21-29-15-11-9-12-16-29)46-38(52)34(23-31-26-42-27-43-31)47-37(51)33(22-30-17-13-10-14-18-30)45-36(50)24-41(6,7)48-39(53)56-40(3,4)5/h10,13-14,17-18,26-29,32-35,44,49H,8-9,11-12,15-16,19-25H2,1-7H3,(H,42,43)(H,45,50)(H,46,52)(H,47,51)(H,48,53)/t28-,32+,33+,34+,35+/m1/s1. The molecule has 1 aliphatic carbocycles. The van der Waals surface area contributed by atoms with Gasteiger partial charge in [-0.2, -0.15) is 0 Å². The molecule has 320 valence electrons. The molecule has 0 unspecified atom stereocenters. The van der Waals surface area contributed by atoms with E-state index in [0.29, 0.717) is 18.5 Å². The Hall–Kier alpha value is -4.02. The van der Waals surface area contributed by atoms with Gasteiger partial charge in [0.1, 0.15) is 17.7 Å². The zero-order chi connectivity index (χ0) is 42.2. The van der Waals surface area contributed by atoms with Crippen LogP contribution >= 0.6 is 0 Å². The summed E-state index contributed by atoms with van der Waals surface area (Å²) in [6.07, 6.45) is 7.93. The van der Waals surface area contributed by atoms with Crippen molar-refractivity contribution in [3.63, 3.8) is 0 Å². The normalized spacial score (nSPS) is 16.7. The average Bonchev–Trinajstić information content (AvgIpc) is 3.62. The van der Waals surface area contributed by atoms with E-state index in [-0.39, 0.29) is 49.8 Å². The van der Waals surface area contributed by atoms with Gasteiger partial charge >= 0.3 is 6.09 Å². The predicted octanol–water partition coefficient (Wildman–Crippen LogP) is 4.03. The van der Waals surface area contributed by atoms with E-state index in [2.05, 4.69) is 36.0 Å². The Labute approximate surface area is 339 Å². The molecule has 1 heterocycles. The van der Waals surface area contributed by atoms with E-state index in [9.17, 15) is 32.7 Å². The van der Waals surface area contributed by atoms with E-state index < -0.39 is 69.2 Å². The second-order valence-corrected chi connectivity index (χ2v) is 19.2. The third-order valence-corrected chi connectivity index (χ3v) is 11.4. The van der Waals surface area contributed by atoms with E-state index in [1.54, 1.807) is 47.7 Å². The molecule has 0 bridgehead atoms. The van der Waals surface area contributed by atoms with Gasteiger partial charge in [-0.15, -0.1) is 0 Å². The topological polar surface area (TPSA) is 221 Å². The SMILES string of the molecule is CCCS(=O)(=O)NC[C@H](C)C[C@H](O)[C@H](CC1CCCCC1)NC(=O)[C@H](Cc1c[nH]cn1)NC(=O)[C@H](Cc1ccccc1)NC(=O)CC(C)(C)NC(=O)OC(C)(C)C. The lowest BCUT2D eigenvalue weighted by molar-refractivity contribution is -0.133. The van der Waals surface area contributed by atoms with Crippen molar-refractivity contribution >= 4 is 33.8 Å². The molecule has 5 atom stereocenters. The van der Waals surface area contributed by atoms with Gasteiger partial charge in [-0.05, 0) is 71.3 Å². The number of hydrogen-bond donors (Lipinski definition) is 7. The highest BCUT2D eigenvalue weighted by Gasteiger charge is 2.34. The fraction of sp³-hybridized carbons (Fsp3) is 0.683. The third-order valence-electron chi connectivity index (χ3n) is 9.85. The number of imidazole rings is 1. The molecule has 0 spiro atoms. The van der Waals surface area contributed by atoms with Crippen molar-refractivity contribution in [2.75, 3.05) is 12.3 Å². The summed E-state index contributed by atoms with van der Waals surface area (Å²) in [5, 5.41) is 23.1. The molecule has 4 amide bonds. The fourth-order valence-corrected chi connectivity index (χ4v) is 8.29. The summed E-state index contributed by atoms with van der Waals surface area (Å²) in [7, 11) is -3.43. The molecule has 1 saturated carbocycles. The van der Waals surface area contributed by atoms with Gasteiger partial charge < -0.3 is 36.1 Å². The van der Waals surface area contributed by atoms with Gasteiger partial charge in [0.25, 0.3) is 0 Å². The van der Waals surface area contributed by atoms with E-state index in [1.165, 1.54) is 6.33 Å². The Kier molecular flexibility index (Phi) is 18.5. The molecule has 1 aliphatic rings. The summed E-state index contributed by atoms with van der Waals surface area (Å²) >= 11 is 0. The summed E-state index contributed by atoms with van der Waals surface area (Å²) in [6.45, 7) is 12.4. The number of nitrogens with zero attached hydrogens (tertiary/aromatic N) is 1. The molecule has 2 aromatic rings. The van der Waals surface area contributed by atoms with Crippen LogP contribution in [-0.4, -0.2) is 95.0 Å². The number of alkyl carbamates (subject to hydrolysis) is 1. The molecular formula is C41H67N7O8S. The Morgan fingerprint density at radius 2 is 1.60 bits per heavy atom. The quantitative estimate of drug-likeness (QED) is 0.0911. The van der Waals surface area contributed by atoms with E-state index in [0.717, 1.165) is 37.7 Å². The number of aliphatic hydroxyl groups excluding tert-OH is 1. The Balaban J connectivity index is 1.82. The van der Waals surface area contributed by atoms with Gasteiger partial charge in [-0.25, -0.2) is 22.9 Å². The van der Waals surface area contributed by atoms with Crippen LogP contribution in [0.25, 0.3) is 0 Å². The molecule has 1 aromatic heterocycles. The average molecular weight is 818 g/mol. The largest absolute Gasteiger partial charge is 0.444 e. The van der Waals surface area contributed by atoms with Crippen molar-refractivity contribution in [1.29, 1.82) is 0 Å². The summed E-state index contributed by atoms with van der Waals surface area (Å²) in [6, 6.07) is 6.29. The Morgan fingerprint density at radius 3 is 2.21 bits per heavy atom. The van der Waals surface area contributed by atoms with Crippen molar-refractivity contribution in [1.82, 2.24) is 36.0 Å². The molecule has 1 fully saturated rings. The first kappa shape index (κ1) is 47.4. The van der Waals surface area contributed by atoms with Crippen LogP contribution in [0.4, 0.5) is 4.79 Å². The number of sulfonamides is 1. The van der Waals surface area contributed by atoms with Crippen LogP contribution in [0.5, 0.6) is 0 Å². The van der Waals surface area contributed by atoms with Crippen LogP contribution in [0, 0.1) is 11.8 Å². The summed E-state index contributed by atoms with van der Waals surface area (Å²) in [5.74, 6) is -1.53. The molecular weight excluding hydrogens is 751 g/mol. The number of benzene rings is 1. The van der Waals surface area contributed by atoms with Crippen molar-refractivity contribution < 1.29 is 37.4 Å². The van der Waals surface area contributed by atoms with Crippen LogP contribution in [0.3, 0.4) is 0 Å². The number of aromatic nitrogens is 2. The van der Waals surface area contributed by atoms with Crippen LogP contribution < -0.4 is 26.0 Å². The monoisotopic (exact) mass is 817 g/mol. The smallest absolute Gasteiger partial charge is 0.408 e. The van der Waals surface area contributed by atoms with Gasteiger partial charge in [0.2, 0.25) is 27.7 Å². The molecule has 57 heavy (non-hydrogen) atoms. The lowest BCUT2D eigenvalue weighted by Gasteiger charge is -2.32. The maximum absolute atomic E-state index is 14.3. The van der Waals surface area contributed by atoms with Crippen molar-refractivity contribution in [3.05, 3.63) is 54.1 Å². The number of aromatic amines is 1. The van der Waals surface area contributed by atoms with Gasteiger partial charge in [-0.1, -0.05) is 76.3 Å². The number of ether oxygens (including phenoxy) is 1.